The van der Waals surface area contributed by atoms with Gasteiger partial charge in [-0.15, -0.1) is 22.7 Å². The minimum absolute atomic E-state index is 0.163. The van der Waals surface area contributed by atoms with Crippen molar-refractivity contribution in [2.75, 3.05) is 6.61 Å². The quantitative estimate of drug-likeness (QED) is 0.580. The topological polar surface area (TPSA) is 72.0 Å². The zero-order valence-corrected chi connectivity index (χ0v) is 13.6. The van der Waals surface area contributed by atoms with Crippen LogP contribution < -0.4 is 5.56 Å². The third-order valence-electron chi connectivity index (χ3n) is 3.35. The van der Waals surface area contributed by atoms with E-state index in [1.807, 2.05) is 22.9 Å². The standard InChI is InChI=1S/C14H10N2O3S3/c17-11-10-7(8-2-1-5-20-8)6-21-12(10)16-14(15-11)22-9-3-4-19-13(9)18/h1-2,5-6,9H,3-4H2,(H,15,16,17)/t9-/m0/s1. The predicted octanol–water partition coefficient (Wildman–Crippen LogP) is 3.12. The Morgan fingerprint density at radius 2 is 2.27 bits per heavy atom. The minimum atomic E-state index is -0.280. The third-order valence-corrected chi connectivity index (χ3v) is 6.25. The summed E-state index contributed by atoms with van der Waals surface area (Å²) < 4.78 is 4.93. The number of hydrogen-bond acceptors (Lipinski definition) is 7. The van der Waals surface area contributed by atoms with Crippen molar-refractivity contribution in [3.05, 3.63) is 33.2 Å². The molecule has 1 aliphatic rings. The summed E-state index contributed by atoms with van der Waals surface area (Å²) in [4.78, 5) is 33.0. The molecule has 112 valence electrons. The highest BCUT2D eigenvalue weighted by Crippen LogP contribution is 2.35. The number of fused-ring (bicyclic) bond motifs is 1. The maximum absolute atomic E-state index is 12.4. The first-order chi connectivity index (χ1) is 10.7. The molecule has 1 atom stereocenters. The van der Waals surface area contributed by atoms with Gasteiger partial charge < -0.3 is 9.72 Å². The number of hydrogen-bond donors (Lipinski definition) is 1. The lowest BCUT2D eigenvalue weighted by Crippen LogP contribution is -2.13. The van der Waals surface area contributed by atoms with Crippen molar-refractivity contribution in [3.63, 3.8) is 0 Å². The van der Waals surface area contributed by atoms with Crippen LogP contribution in [0, 0.1) is 0 Å². The highest BCUT2D eigenvalue weighted by Gasteiger charge is 2.28. The number of carbonyl (C=O) groups excluding carboxylic acids is 1. The minimum Gasteiger partial charge on any atom is -0.465 e. The summed E-state index contributed by atoms with van der Waals surface area (Å²) in [6.45, 7) is 0.435. The molecule has 8 heteroatoms. The summed E-state index contributed by atoms with van der Waals surface area (Å²) >= 11 is 4.30. The van der Waals surface area contributed by atoms with E-state index in [1.165, 1.54) is 23.1 Å². The number of aromatic nitrogens is 2. The molecule has 0 unspecified atom stereocenters. The Hall–Kier alpha value is -1.64. The van der Waals surface area contributed by atoms with Crippen LogP contribution in [0.15, 0.2) is 32.8 Å². The van der Waals surface area contributed by atoms with Crippen LogP contribution in [-0.2, 0) is 9.53 Å². The van der Waals surface area contributed by atoms with Gasteiger partial charge in [-0.2, -0.15) is 0 Å². The summed E-state index contributed by atoms with van der Waals surface area (Å²) in [5.74, 6) is -0.238. The smallest absolute Gasteiger partial charge is 0.319 e. The van der Waals surface area contributed by atoms with Gasteiger partial charge in [0.25, 0.3) is 5.56 Å². The molecule has 1 fully saturated rings. The molecule has 0 amide bonds. The van der Waals surface area contributed by atoms with Crippen molar-refractivity contribution in [2.45, 2.75) is 16.8 Å². The number of nitrogens with one attached hydrogen (secondary N) is 1. The Kier molecular flexibility index (Phi) is 3.51. The Labute approximate surface area is 137 Å². The van der Waals surface area contributed by atoms with E-state index in [2.05, 4.69) is 9.97 Å². The van der Waals surface area contributed by atoms with Gasteiger partial charge in [-0.25, -0.2) is 4.98 Å². The first-order valence-corrected chi connectivity index (χ1v) is 9.25. The zero-order valence-electron chi connectivity index (χ0n) is 11.2. The average Bonchev–Trinajstić information content (AvgIpc) is 3.20. The lowest BCUT2D eigenvalue weighted by Gasteiger charge is -2.04. The van der Waals surface area contributed by atoms with Crippen LogP contribution in [0.2, 0.25) is 0 Å². The predicted molar refractivity (Wildman–Crippen MR) is 88.8 cm³/mol. The number of rotatable bonds is 3. The molecular formula is C14H10N2O3S3. The summed E-state index contributed by atoms with van der Waals surface area (Å²) in [6, 6.07) is 3.95. The van der Waals surface area contributed by atoms with E-state index in [0.717, 1.165) is 10.4 Å². The summed E-state index contributed by atoms with van der Waals surface area (Å²) in [5.41, 5.74) is 0.754. The van der Waals surface area contributed by atoms with E-state index in [-0.39, 0.29) is 16.8 Å². The molecule has 0 spiro atoms. The molecule has 22 heavy (non-hydrogen) atoms. The number of H-pyrrole nitrogens is 1. The average molecular weight is 350 g/mol. The van der Waals surface area contributed by atoms with Gasteiger partial charge in [-0.3, -0.25) is 9.59 Å². The molecule has 0 aromatic carbocycles. The van der Waals surface area contributed by atoms with Crippen molar-refractivity contribution in [1.29, 1.82) is 0 Å². The number of aromatic amines is 1. The highest BCUT2D eigenvalue weighted by atomic mass is 32.2. The van der Waals surface area contributed by atoms with Gasteiger partial charge in [0.1, 0.15) is 10.1 Å². The molecule has 3 aromatic rings. The van der Waals surface area contributed by atoms with Crippen LogP contribution in [0.4, 0.5) is 0 Å². The van der Waals surface area contributed by atoms with E-state index in [1.54, 1.807) is 11.3 Å². The Morgan fingerprint density at radius 3 is 3.00 bits per heavy atom. The number of carbonyl (C=O) groups is 1. The molecule has 1 aliphatic heterocycles. The van der Waals surface area contributed by atoms with Gasteiger partial charge in [-0.1, -0.05) is 17.8 Å². The van der Waals surface area contributed by atoms with E-state index in [9.17, 15) is 9.59 Å². The number of esters is 1. The van der Waals surface area contributed by atoms with Crippen molar-refractivity contribution < 1.29 is 9.53 Å². The molecule has 1 N–H and O–H groups in total. The van der Waals surface area contributed by atoms with Gasteiger partial charge in [0, 0.05) is 22.2 Å². The number of cyclic esters (lactones) is 1. The second-order valence-corrected chi connectivity index (χ2v) is 7.74. The second-order valence-electron chi connectivity index (χ2n) is 4.74. The molecule has 0 radical (unpaired) electrons. The maximum atomic E-state index is 12.4. The Bertz CT molecular complexity index is 898. The molecular weight excluding hydrogens is 340 g/mol. The van der Waals surface area contributed by atoms with Crippen molar-refractivity contribution >= 4 is 50.6 Å². The van der Waals surface area contributed by atoms with Crippen molar-refractivity contribution in [1.82, 2.24) is 9.97 Å². The SMILES string of the molecule is O=C1OCC[C@@H]1Sc1nc2scc(-c3cccs3)c2c(=O)[nH]1. The molecule has 1 saturated heterocycles. The van der Waals surface area contributed by atoms with Crippen LogP contribution in [0.3, 0.4) is 0 Å². The second kappa shape index (κ2) is 5.53. The monoisotopic (exact) mass is 350 g/mol. The van der Waals surface area contributed by atoms with Crippen LogP contribution in [0.1, 0.15) is 6.42 Å². The molecule has 3 aromatic heterocycles. The van der Waals surface area contributed by atoms with Crippen LogP contribution in [0.25, 0.3) is 20.7 Å². The van der Waals surface area contributed by atoms with Crippen LogP contribution >= 0.6 is 34.4 Å². The molecule has 0 saturated carbocycles. The van der Waals surface area contributed by atoms with E-state index in [4.69, 9.17) is 4.74 Å². The highest BCUT2D eigenvalue weighted by molar-refractivity contribution is 8.00. The Balaban J connectivity index is 1.75. The summed E-state index contributed by atoms with van der Waals surface area (Å²) in [7, 11) is 0. The van der Waals surface area contributed by atoms with E-state index in [0.29, 0.717) is 28.4 Å². The largest absolute Gasteiger partial charge is 0.465 e. The maximum Gasteiger partial charge on any atom is 0.319 e. The van der Waals surface area contributed by atoms with Gasteiger partial charge in [-0.05, 0) is 11.4 Å². The fraction of sp³-hybridized carbons (Fsp3) is 0.214. The van der Waals surface area contributed by atoms with Crippen molar-refractivity contribution in [2.24, 2.45) is 0 Å². The molecule has 0 aliphatic carbocycles. The van der Waals surface area contributed by atoms with Crippen LogP contribution in [0.5, 0.6) is 0 Å². The fourth-order valence-electron chi connectivity index (χ4n) is 2.32. The first-order valence-electron chi connectivity index (χ1n) is 6.61. The summed E-state index contributed by atoms with van der Waals surface area (Å²) in [6.07, 6.45) is 0.649. The lowest BCUT2D eigenvalue weighted by atomic mass is 10.2. The van der Waals surface area contributed by atoms with Gasteiger partial charge in [0.15, 0.2) is 5.16 Å². The number of thioether (sulfide) groups is 1. The number of nitrogens with zero attached hydrogens (tertiary/aromatic N) is 1. The van der Waals surface area contributed by atoms with Crippen molar-refractivity contribution in [3.8, 4) is 10.4 Å². The molecule has 0 bridgehead atoms. The Morgan fingerprint density at radius 1 is 1.36 bits per heavy atom. The number of thiophene rings is 2. The number of ether oxygens (including phenoxy) is 1. The van der Waals surface area contributed by atoms with Gasteiger partial charge >= 0.3 is 5.97 Å². The molecule has 5 nitrogen and oxygen atoms in total. The lowest BCUT2D eigenvalue weighted by molar-refractivity contribution is -0.137. The first kappa shape index (κ1) is 14.0. The molecule has 4 rings (SSSR count). The fourth-order valence-corrected chi connectivity index (χ4v) is 5.08. The van der Waals surface area contributed by atoms with E-state index < -0.39 is 0 Å². The zero-order chi connectivity index (χ0) is 15.1. The molecule has 4 heterocycles. The van der Waals surface area contributed by atoms with Gasteiger partial charge in [0.2, 0.25) is 0 Å². The third kappa shape index (κ3) is 2.37. The van der Waals surface area contributed by atoms with Gasteiger partial charge in [0.05, 0.1) is 12.0 Å². The van der Waals surface area contributed by atoms with Crippen LogP contribution in [-0.4, -0.2) is 27.8 Å². The van der Waals surface area contributed by atoms with E-state index >= 15 is 0 Å². The summed E-state index contributed by atoms with van der Waals surface area (Å²) in [5, 5.41) is 4.75. The normalized spacial score (nSPS) is 18.0.